The van der Waals surface area contributed by atoms with Crippen LogP contribution in [-0.4, -0.2) is 30.9 Å². The molecule has 3 heterocycles. The molecular weight excluding hydrogens is 426 g/mol. The lowest BCUT2D eigenvalue weighted by Gasteiger charge is -2.22. The molecule has 0 aliphatic carbocycles. The van der Waals surface area contributed by atoms with Crippen LogP contribution in [0.15, 0.2) is 51.6 Å². The van der Waals surface area contributed by atoms with Crippen LogP contribution in [0.3, 0.4) is 0 Å². The highest BCUT2D eigenvalue weighted by Crippen LogP contribution is 2.39. The third kappa shape index (κ3) is 5.73. The summed E-state index contributed by atoms with van der Waals surface area (Å²) in [6.45, 7) is 1.90. The van der Waals surface area contributed by atoms with Crippen molar-refractivity contribution in [3.63, 3.8) is 0 Å². The quantitative estimate of drug-likeness (QED) is 0.616. The van der Waals surface area contributed by atoms with Crippen molar-refractivity contribution in [1.29, 1.82) is 0 Å². The molecule has 1 aromatic heterocycles. The summed E-state index contributed by atoms with van der Waals surface area (Å²) in [6.07, 6.45) is 7.24. The van der Waals surface area contributed by atoms with E-state index in [0.29, 0.717) is 4.91 Å². The molecule has 0 saturated carbocycles. The topological polar surface area (TPSA) is 70.2 Å². The third-order valence-electron chi connectivity index (χ3n) is 4.61. The monoisotopic (exact) mass is 447 g/mol. The normalized spacial score (nSPS) is 18.2. The van der Waals surface area contributed by atoms with Crippen molar-refractivity contribution in [3.05, 3.63) is 57.1 Å². The molecule has 2 aliphatic heterocycles. The summed E-state index contributed by atoms with van der Waals surface area (Å²) in [5.74, 6) is -0.146. The SMILES string of the molecule is Cl.O=C(/C=C/c1csc(/C=C2/Sc3ccccc3NC2=O)c1)NC1CCNCC1. The average molecular weight is 448 g/mol. The molecule has 29 heavy (non-hydrogen) atoms. The Morgan fingerprint density at radius 1 is 1.21 bits per heavy atom. The summed E-state index contributed by atoms with van der Waals surface area (Å²) in [5, 5.41) is 11.2. The Hall–Kier alpha value is -2.06. The van der Waals surface area contributed by atoms with Gasteiger partial charge in [-0.2, -0.15) is 0 Å². The van der Waals surface area contributed by atoms with E-state index < -0.39 is 0 Å². The van der Waals surface area contributed by atoms with Gasteiger partial charge in [-0.25, -0.2) is 0 Å². The molecule has 2 aliphatic rings. The molecule has 1 aromatic carbocycles. The Balaban J connectivity index is 0.00000240. The maximum absolute atomic E-state index is 12.3. The van der Waals surface area contributed by atoms with Crippen molar-refractivity contribution < 1.29 is 9.59 Å². The highest BCUT2D eigenvalue weighted by atomic mass is 35.5. The predicted octanol–water partition coefficient (Wildman–Crippen LogP) is 4.14. The Morgan fingerprint density at radius 2 is 2.00 bits per heavy atom. The minimum Gasteiger partial charge on any atom is -0.350 e. The van der Waals surface area contributed by atoms with E-state index in [2.05, 4.69) is 16.0 Å². The second kappa shape index (κ2) is 10.1. The molecule has 2 aromatic rings. The standard InChI is InChI=1S/C21H21N3O2S2.ClH/c25-20(23-15-7-9-22-10-8-15)6-5-14-11-16(27-13-14)12-19-21(26)24-17-3-1-2-4-18(17)28-19;/h1-6,11-13,15,22H,7-10H2,(H,23,25)(H,24,26);1H/b6-5+,19-12+;. The van der Waals surface area contributed by atoms with Crippen molar-refractivity contribution in [2.45, 2.75) is 23.8 Å². The van der Waals surface area contributed by atoms with Gasteiger partial charge < -0.3 is 16.0 Å². The number of para-hydroxylation sites is 1. The van der Waals surface area contributed by atoms with Crippen LogP contribution in [0.4, 0.5) is 5.69 Å². The van der Waals surface area contributed by atoms with Gasteiger partial charge in [0, 0.05) is 21.9 Å². The number of thiophene rings is 1. The molecule has 0 radical (unpaired) electrons. The van der Waals surface area contributed by atoms with Crippen LogP contribution in [0.2, 0.25) is 0 Å². The molecule has 0 spiro atoms. The number of hydrogen-bond acceptors (Lipinski definition) is 5. The Bertz CT molecular complexity index is 949. The lowest BCUT2D eigenvalue weighted by molar-refractivity contribution is -0.117. The first-order chi connectivity index (χ1) is 13.7. The van der Waals surface area contributed by atoms with Gasteiger partial charge in [-0.3, -0.25) is 9.59 Å². The number of benzene rings is 1. The molecule has 3 N–H and O–H groups in total. The van der Waals surface area contributed by atoms with Crippen molar-refractivity contribution >= 4 is 65.2 Å². The minimum atomic E-state index is -0.0875. The maximum atomic E-state index is 12.3. The number of hydrogen-bond donors (Lipinski definition) is 3. The van der Waals surface area contributed by atoms with Crippen LogP contribution in [0.1, 0.15) is 23.3 Å². The number of carbonyl (C=O) groups excluding carboxylic acids is 2. The first-order valence-electron chi connectivity index (χ1n) is 9.25. The van der Waals surface area contributed by atoms with E-state index in [9.17, 15) is 9.59 Å². The first kappa shape index (κ1) is 21.6. The fraction of sp³-hybridized carbons (Fsp3) is 0.238. The number of anilines is 1. The number of piperidine rings is 1. The van der Waals surface area contributed by atoms with Gasteiger partial charge >= 0.3 is 0 Å². The van der Waals surface area contributed by atoms with Crippen LogP contribution in [0.5, 0.6) is 0 Å². The Kier molecular flexibility index (Phi) is 7.55. The maximum Gasteiger partial charge on any atom is 0.262 e. The van der Waals surface area contributed by atoms with Crippen molar-refractivity contribution in [1.82, 2.24) is 10.6 Å². The largest absolute Gasteiger partial charge is 0.350 e. The van der Waals surface area contributed by atoms with Gasteiger partial charge in [0.1, 0.15) is 0 Å². The smallest absolute Gasteiger partial charge is 0.262 e. The van der Waals surface area contributed by atoms with E-state index in [4.69, 9.17) is 0 Å². The fourth-order valence-electron chi connectivity index (χ4n) is 3.15. The molecule has 0 bridgehead atoms. The van der Waals surface area contributed by atoms with Crippen LogP contribution in [0.25, 0.3) is 12.2 Å². The molecule has 1 saturated heterocycles. The van der Waals surface area contributed by atoms with Gasteiger partial charge in [0.25, 0.3) is 5.91 Å². The number of carbonyl (C=O) groups is 2. The molecule has 1 fully saturated rings. The molecule has 0 atom stereocenters. The van der Waals surface area contributed by atoms with Crippen molar-refractivity contribution in [3.8, 4) is 0 Å². The number of halogens is 1. The summed E-state index contributed by atoms with van der Waals surface area (Å²) in [5.41, 5.74) is 1.81. The predicted molar refractivity (Wildman–Crippen MR) is 124 cm³/mol. The second-order valence-electron chi connectivity index (χ2n) is 6.71. The van der Waals surface area contributed by atoms with Gasteiger partial charge in [-0.05, 0) is 67.2 Å². The molecule has 0 unspecified atom stereocenters. The second-order valence-corrected chi connectivity index (χ2v) is 8.74. The molecule has 2 amide bonds. The number of rotatable bonds is 4. The molecule has 8 heteroatoms. The highest BCUT2D eigenvalue weighted by Gasteiger charge is 2.20. The summed E-state index contributed by atoms with van der Waals surface area (Å²) in [6, 6.07) is 10.0. The molecule has 152 valence electrons. The fourth-order valence-corrected chi connectivity index (χ4v) is 4.98. The van der Waals surface area contributed by atoms with Crippen LogP contribution < -0.4 is 16.0 Å². The zero-order valence-corrected chi connectivity index (χ0v) is 18.1. The number of thioether (sulfide) groups is 1. The zero-order chi connectivity index (χ0) is 19.3. The lowest BCUT2D eigenvalue weighted by atomic mass is 10.1. The first-order valence-corrected chi connectivity index (χ1v) is 10.9. The van der Waals surface area contributed by atoms with E-state index in [0.717, 1.165) is 47.0 Å². The van der Waals surface area contributed by atoms with Gasteiger partial charge in [-0.1, -0.05) is 23.9 Å². The summed E-state index contributed by atoms with van der Waals surface area (Å²) < 4.78 is 0. The van der Waals surface area contributed by atoms with E-state index in [1.807, 2.05) is 47.9 Å². The van der Waals surface area contributed by atoms with E-state index >= 15 is 0 Å². The van der Waals surface area contributed by atoms with E-state index in [1.54, 1.807) is 17.4 Å². The summed E-state index contributed by atoms with van der Waals surface area (Å²) >= 11 is 3.03. The number of fused-ring (bicyclic) bond motifs is 1. The number of amides is 2. The van der Waals surface area contributed by atoms with Gasteiger partial charge in [0.05, 0.1) is 10.6 Å². The summed E-state index contributed by atoms with van der Waals surface area (Å²) in [4.78, 5) is 27.1. The Morgan fingerprint density at radius 3 is 2.83 bits per heavy atom. The molecular formula is C21H22ClN3O2S2. The highest BCUT2D eigenvalue weighted by molar-refractivity contribution is 8.04. The van der Waals surface area contributed by atoms with Crippen molar-refractivity contribution in [2.24, 2.45) is 0 Å². The van der Waals surface area contributed by atoms with Gasteiger partial charge in [0.15, 0.2) is 0 Å². The van der Waals surface area contributed by atoms with Crippen LogP contribution in [-0.2, 0) is 9.59 Å². The Labute approximate surface area is 184 Å². The van der Waals surface area contributed by atoms with Crippen molar-refractivity contribution in [2.75, 3.05) is 18.4 Å². The number of nitrogens with one attached hydrogen (secondary N) is 3. The van der Waals surface area contributed by atoms with Gasteiger partial charge in [-0.15, -0.1) is 23.7 Å². The van der Waals surface area contributed by atoms with E-state index in [-0.39, 0.29) is 30.3 Å². The minimum absolute atomic E-state index is 0. The lowest BCUT2D eigenvalue weighted by Crippen LogP contribution is -2.42. The van der Waals surface area contributed by atoms with Gasteiger partial charge in [0.2, 0.25) is 5.91 Å². The zero-order valence-electron chi connectivity index (χ0n) is 15.6. The van der Waals surface area contributed by atoms with Crippen LogP contribution >= 0.6 is 35.5 Å². The third-order valence-corrected chi connectivity index (χ3v) is 6.60. The molecule has 4 rings (SSSR count). The van der Waals surface area contributed by atoms with Crippen LogP contribution in [0, 0.1) is 0 Å². The average Bonchev–Trinajstić information content (AvgIpc) is 3.15. The van der Waals surface area contributed by atoms with E-state index in [1.165, 1.54) is 11.8 Å². The summed E-state index contributed by atoms with van der Waals surface area (Å²) in [7, 11) is 0. The molecule has 5 nitrogen and oxygen atoms in total.